The minimum atomic E-state index is -0.207. The molecule has 6 nitrogen and oxygen atoms in total. The number of rotatable bonds is 7. The van der Waals surface area contributed by atoms with Crippen molar-refractivity contribution in [2.24, 2.45) is 5.92 Å². The zero-order valence-electron chi connectivity index (χ0n) is 15.9. The van der Waals surface area contributed by atoms with Gasteiger partial charge < -0.3 is 10.3 Å². The van der Waals surface area contributed by atoms with Crippen molar-refractivity contribution >= 4 is 28.6 Å². The SMILES string of the molecule is CC(C)CNC(=O)[C@H](C)Sc1nnc(-c2c[nH]c3ccccc23)n1C1CC1. The monoisotopic (exact) mass is 383 g/mol. The normalized spacial score (nSPS) is 15.4. The zero-order chi connectivity index (χ0) is 19.0. The topological polar surface area (TPSA) is 75.6 Å². The fourth-order valence-corrected chi connectivity index (χ4v) is 4.06. The molecular weight excluding hydrogens is 358 g/mol. The third kappa shape index (κ3) is 3.74. The van der Waals surface area contributed by atoms with E-state index in [1.807, 2.05) is 25.3 Å². The number of benzene rings is 1. The largest absolute Gasteiger partial charge is 0.360 e. The Kier molecular flexibility index (Phi) is 4.95. The van der Waals surface area contributed by atoms with E-state index in [0.29, 0.717) is 18.5 Å². The molecule has 142 valence electrons. The smallest absolute Gasteiger partial charge is 0.233 e. The number of hydrogen-bond donors (Lipinski definition) is 2. The van der Waals surface area contributed by atoms with Crippen molar-refractivity contribution in [3.05, 3.63) is 30.5 Å². The summed E-state index contributed by atoms with van der Waals surface area (Å²) in [7, 11) is 0. The molecule has 1 fully saturated rings. The molecule has 1 amide bonds. The van der Waals surface area contributed by atoms with Crippen LogP contribution in [0.15, 0.2) is 35.6 Å². The maximum atomic E-state index is 12.4. The van der Waals surface area contributed by atoms with E-state index >= 15 is 0 Å². The Labute approximate surface area is 163 Å². The van der Waals surface area contributed by atoms with Gasteiger partial charge in [-0.2, -0.15) is 0 Å². The molecule has 0 spiro atoms. The van der Waals surface area contributed by atoms with Crippen molar-refractivity contribution in [2.45, 2.75) is 50.1 Å². The Morgan fingerprint density at radius 2 is 2.07 bits per heavy atom. The van der Waals surface area contributed by atoms with Crippen molar-refractivity contribution in [1.29, 1.82) is 0 Å². The number of para-hydroxylation sites is 1. The molecule has 4 rings (SSSR count). The van der Waals surface area contributed by atoms with Gasteiger partial charge in [0, 0.05) is 35.2 Å². The van der Waals surface area contributed by atoms with E-state index in [-0.39, 0.29) is 11.2 Å². The van der Waals surface area contributed by atoms with Crippen molar-refractivity contribution in [3.8, 4) is 11.4 Å². The first-order valence-electron chi connectivity index (χ1n) is 9.50. The Morgan fingerprint density at radius 3 is 2.81 bits per heavy atom. The fourth-order valence-electron chi connectivity index (χ4n) is 3.12. The molecule has 0 bridgehead atoms. The van der Waals surface area contributed by atoms with Crippen LogP contribution in [0, 0.1) is 5.92 Å². The summed E-state index contributed by atoms with van der Waals surface area (Å²) >= 11 is 1.49. The van der Waals surface area contributed by atoms with E-state index in [0.717, 1.165) is 40.3 Å². The molecule has 27 heavy (non-hydrogen) atoms. The number of carbonyl (C=O) groups is 1. The molecule has 0 saturated heterocycles. The van der Waals surface area contributed by atoms with Crippen LogP contribution < -0.4 is 5.32 Å². The number of aromatic nitrogens is 4. The van der Waals surface area contributed by atoms with Gasteiger partial charge in [-0.3, -0.25) is 9.36 Å². The van der Waals surface area contributed by atoms with Gasteiger partial charge in [0.2, 0.25) is 5.91 Å². The van der Waals surface area contributed by atoms with Crippen LogP contribution in [0.3, 0.4) is 0 Å². The van der Waals surface area contributed by atoms with Crippen molar-refractivity contribution < 1.29 is 4.79 Å². The second-order valence-electron chi connectivity index (χ2n) is 7.55. The molecule has 1 saturated carbocycles. The molecule has 7 heteroatoms. The highest BCUT2D eigenvalue weighted by molar-refractivity contribution is 8.00. The summed E-state index contributed by atoms with van der Waals surface area (Å²) in [5.74, 6) is 1.37. The Balaban J connectivity index is 1.61. The molecule has 3 aromatic rings. The lowest BCUT2D eigenvalue weighted by atomic mass is 10.1. The Hall–Kier alpha value is -2.28. The molecule has 1 aromatic carbocycles. The maximum absolute atomic E-state index is 12.4. The van der Waals surface area contributed by atoms with Crippen LogP contribution in [0.2, 0.25) is 0 Å². The van der Waals surface area contributed by atoms with Gasteiger partial charge in [0.05, 0.1) is 5.25 Å². The summed E-state index contributed by atoms with van der Waals surface area (Å²) in [5.41, 5.74) is 2.15. The van der Waals surface area contributed by atoms with Crippen LogP contribution in [-0.2, 0) is 4.79 Å². The van der Waals surface area contributed by atoms with Crippen molar-refractivity contribution in [3.63, 3.8) is 0 Å². The summed E-state index contributed by atoms with van der Waals surface area (Å²) in [6, 6.07) is 8.65. The van der Waals surface area contributed by atoms with Crippen LogP contribution in [0.4, 0.5) is 0 Å². The van der Waals surface area contributed by atoms with E-state index in [4.69, 9.17) is 0 Å². The first-order valence-corrected chi connectivity index (χ1v) is 10.4. The Morgan fingerprint density at radius 1 is 1.30 bits per heavy atom. The third-order valence-corrected chi connectivity index (χ3v) is 5.80. The molecule has 0 unspecified atom stereocenters. The van der Waals surface area contributed by atoms with Crippen LogP contribution in [0.5, 0.6) is 0 Å². The van der Waals surface area contributed by atoms with Gasteiger partial charge in [-0.25, -0.2) is 0 Å². The van der Waals surface area contributed by atoms with Crippen molar-refractivity contribution in [2.75, 3.05) is 6.54 Å². The number of fused-ring (bicyclic) bond motifs is 1. The minimum Gasteiger partial charge on any atom is -0.360 e. The van der Waals surface area contributed by atoms with Gasteiger partial charge in [0.25, 0.3) is 0 Å². The third-order valence-electron chi connectivity index (χ3n) is 4.74. The van der Waals surface area contributed by atoms with E-state index in [1.165, 1.54) is 11.8 Å². The number of thioether (sulfide) groups is 1. The highest BCUT2D eigenvalue weighted by Gasteiger charge is 2.32. The van der Waals surface area contributed by atoms with E-state index in [9.17, 15) is 4.79 Å². The quantitative estimate of drug-likeness (QED) is 0.604. The molecule has 1 atom stereocenters. The number of aromatic amines is 1. The van der Waals surface area contributed by atoms with E-state index < -0.39 is 0 Å². The van der Waals surface area contributed by atoms with Crippen LogP contribution in [0.25, 0.3) is 22.3 Å². The summed E-state index contributed by atoms with van der Waals surface area (Å²) in [6.45, 7) is 6.81. The molecule has 1 aliphatic rings. The summed E-state index contributed by atoms with van der Waals surface area (Å²) < 4.78 is 2.21. The lowest BCUT2D eigenvalue weighted by molar-refractivity contribution is -0.120. The van der Waals surface area contributed by atoms with Crippen molar-refractivity contribution in [1.82, 2.24) is 25.1 Å². The first kappa shape index (κ1) is 18.1. The number of nitrogens with one attached hydrogen (secondary N) is 2. The lowest BCUT2D eigenvalue weighted by Gasteiger charge is -2.14. The number of nitrogens with zero attached hydrogens (tertiary/aromatic N) is 3. The summed E-state index contributed by atoms with van der Waals surface area (Å²) in [6.07, 6.45) is 4.27. The zero-order valence-corrected chi connectivity index (χ0v) is 16.7. The summed E-state index contributed by atoms with van der Waals surface area (Å²) in [5, 5.41) is 13.7. The van der Waals surface area contributed by atoms with Gasteiger partial charge >= 0.3 is 0 Å². The Bertz CT molecular complexity index is 956. The average Bonchev–Trinajstić information content (AvgIpc) is 3.27. The highest BCUT2D eigenvalue weighted by atomic mass is 32.2. The van der Waals surface area contributed by atoms with Gasteiger partial charge in [-0.05, 0) is 31.7 Å². The van der Waals surface area contributed by atoms with Crippen LogP contribution >= 0.6 is 11.8 Å². The van der Waals surface area contributed by atoms with Gasteiger partial charge in [0.15, 0.2) is 11.0 Å². The standard InChI is InChI=1S/C20H25N5OS/c1-12(2)10-22-19(26)13(3)27-20-24-23-18(25(20)14-8-9-14)16-11-21-17-7-5-4-6-15(16)17/h4-7,11-14,21H,8-10H2,1-3H3,(H,22,26)/t13-/m0/s1. The second-order valence-corrected chi connectivity index (χ2v) is 8.86. The second kappa shape index (κ2) is 7.38. The van der Waals surface area contributed by atoms with Gasteiger partial charge in [-0.1, -0.05) is 43.8 Å². The predicted molar refractivity (Wildman–Crippen MR) is 109 cm³/mol. The molecule has 1 aliphatic carbocycles. The number of H-pyrrole nitrogens is 1. The predicted octanol–water partition coefficient (Wildman–Crippen LogP) is 4.01. The highest BCUT2D eigenvalue weighted by Crippen LogP contribution is 2.42. The summed E-state index contributed by atoms with van der Waals surface area (Å²) in [4.78, 5) is 15.7. The maximum Gasteiger partial charge on any atom is 0.233 e. The molecule has 2 N–H and O–H groups in total. The average molecular weight is 384 g/mol. The first-order chi connectivity index (χ1) is 13.0. The number of carbonyl (C=O) groups excluding carboxylic acids is 1. The molecule has 2 aromatic heterocycles. The van der Waals surface area contributed by atoms with Gasteiger partial charge in [0.1, 0.15) is 0 Å². The van der Waals surface area contributed by atoms with Crippen LogP contribution in [0.1, 0.15) is 39.7 Å². The fraction of sp³-hybridized carbons (Fsp3) is 0.450. The molecular formula is C20H25N5OS. The molecule has 0 aliphatic heterocycles. The van der Waals surface area contributed by atoms with Gasteiger partial charge in [-0.15, -0.1) is 10.2 Å². The number of amides is 1. The molecule has 2 heterocycles. The van der Waals surface area contributed by atoms with E-state index in [2.05, 4.69) is 51.0 Å². The van der Waals surface area contributed by atoms with E-state index in [1.54, 1.807) is 0 Å². The van der Waals surface area contributed by atoms with Crippen LogP contribution in [-0.4, -0.2) is 37.5 Å². The minimum absolute atomic E-state index is 0.0488. The molecule has 0 radical (unpaired) electrons. The lowest BCUT2D eigenvalue weighted by Crippen LogP contribution is -2.33. The number of hydrogen-bond acceptors (Lipinski definition) is 4.